The smallest absolute Gasteiger partial charge is 0.225 e. The van der Waals surface area contributed by atoms with Crippen molar-refractivity contribution >= 4 is 11.8 Å². The van der Waals surface area contributed by atoms with Crippen LogP contribution in [0.25, 0.3) is 0 Å². The SMILES string of the molecule is O=C(N[C@@H](CCN1C[C@@H]2CN(C(=O)C3CCCCC3)C[C@@H]2C1)c1cccc(F)c1)C1CCCC1. The third-order valence-electron chi connectivity index (χ3n) is 8.86. The molecule has 0 aromatic heterocycles. The second kappa shape index (κ2) is 10.8. The highest BCUT2D eigenvalue weighted by Gasteiger charge is 2.42. The lowest BCUT2D eigenvalue weighted by Gasteiger charge is -2.28. The molecule has 3 atom stereocenters. The monoisotopic (exact) mass is 469 g/mol. The van der Waals surface area contributed by atoms with Crippen LogP contribution in [0.1, 0.15) is 75.8 Å². The van der Waals surface area contributed by atoms with E-state index in [0.29, 0.717) is 17.7 Å². The van der Waals surface area contributed by atoms with Gasteiger partial charge in [0, 0.05) is 44.6 Å². The quantitative estimate of drug-likeness (QED) is 0.638. The van der Waals surface area contributed by atoms with Gasteiger partial charge in [-0.3, -0.25) is 9.59 Å². The normalized spacial score (nSPS) is 27.1. The summed E-state index contributed by atoms with van der Waals surface area (Å²) in [6.45, 7) is 4.73. The van der Waals surface area contributed by atoms with Gasteiger partial charge in [-0.1, -0.05) is 44.2 Å². The number of likely N-dealkylation sites (tertiary alicyclic amines) is 2. The van der Waals surface area contributed by atoms with E-state index in [4.69, 9.17) is 0 Å². The zero-order valence-electron chi connectivity index (χ0n) is 20.4. The van der Waals surface area contributed by atoms with Gasteiger partial charge in [0.1, 0.15) is 5.82 Å². The third-order valence-corrected chi connectivity index (χ3v) is 8.86. The first-order valence-corrected chi connectivity index (χ1v) is 13.6. The van der Waals surface area contributed by atoms with Crippen molar-refractivity contribution in [1.29, 1.82) is 0 Å². The van der Waals surface area contributed by atoms with E-state index in [2.05, 4.69) is 15.1 Å². The molecule has 4 aliphatic rings. The summed E-state index contributed by atoms with van der Waals surface area (Å²) in [5.41, 5.74) is 0.856. The number of halogens is 1. The molecule has 2 aliphatic carbocycles. The number of hydrogen-bond acceptors (Lipinski definition) is 3. The van der Waals surface area contributed by atoms with Crippen LogP contribution >= 0.6 is 0 Å². The Kier molecular flexibility index (Phi) is 7.52. The molecular weight excluding hydrogens is 429 g/mol. The fraction of sp³-hybridized carbons (Fsp3) is 0.714. The van der Waals surface area contributed by atoms with Gasteiger partial charge in [-0.15, -0.1) is 0 Å². The van der Waals surface area contributed by atoms with E-state index in [9.17, 15) is 14.0 Å². The molecular formula is C28H40FN3O2. The standard InChI is InChI=1S/C28H40FN3O2/c29-25-12-6-11-22(15-25)26(30-27(33)20-7-4-5-8-20)13-14-31-16-23-18-32(19-24(23)17-31)28(34)21-9-2-1-3-10-21/h6,11-12,15,20-21,23-24,26H,1-5,7-10,13-14,16-19H2,(H,30,33)/t23-,24+,26-/m0/s1. The summed E-state index contributed by atoms with van der Waals surface area (Å²) >= 11 is 0. The average Bonchev–Trinajstić information content (AvgIpc) is 3.59. The number of benzene rings is 1. The van der Waals surface area contributed by atoms with Crippen LogP contribution in [0, 0.1) is 29.5 Å². The molecule has 0 bridgehead atoms. The van der Waals surface area contributed by atoms with Crippen molar-refractivity contribution < 1.29 is 14.0 Å². The Bertz CT molecular complexity index is 851. The van der Waals surface area contributed by atoms with Crippen molar-refractivity contribution in [3.8, 4) is 0 Å². The molecule has 5 nitrogen and oxygen atoms in total. The minimum Gasteiger partial charge on any atom is -0.349 e. The number of hydrogen-bond donors (Lipinski definition) is 1. The van der Waals surface area contributed by atoms with Crippen molar-refractivity contribution in [1.82, 2.24) is 15.1 Å². The highest BCUT2D eigenvalue weighted by molar-refractivity contribution is 5.79. The maximum atomic E-state index is 13.9. The number of nitrogens with one attached hydrogen (secondary N) is 1. The first-order valence-electron chi connectivity index (χ1n) is 13.6. The second-order valence-corrected chi connectivity index (χ2v) is 11.2. The summed E-state index contributed by atoms with van der Waals surface area (Å²) in [4.78, 5) is 30.5. The summed E-state index contributed by atoms with van der Waals surface area (Å²) in [5, 5.41) is 3.25. The number of rotatable bonds is 7. The lowest BCUT2D eigenvalue weighted by molar-refractivity contribution is -0.135. The van der Waals surface area contributed by atoms with E-state index in [1.807, 2.05) is 6.07 Å². The summed E-state index contributed by atoms with van der Waals surface area (Å²) in [6, 6.07) is 6.52. The zero-order chi connectivity index (χ0) is 23.5. The highest BCUT2D eigenvalue weighted by Crippen LogP contribution is 2.35. The Hall–Kier alpha value is -1.95. The second-order valence-electron chi connectivity index (χ2n) is 11.2. The molecule has 5 rings (SSSR count). The molecule has 1 aromatic rings. The largest absolute Gasteiger partial charge is 0.349 e. The van der Waals surface area contributed by atoms with Crippen molar-refractivity contribution in [2.75, 3.05) is 32.7 Å². The molecule has 4 fully saturated rings. The van der Waals surface area contributed by atoms with Gasteiger partial charge in [0.25, 0.3) is 0 Å². The number of amides is 2. The van der Waals surface area contributed by atoms with Crippen LogP contribution in [0.3, 0.4) is 0 Å². The lowest BCUT2D eigenvalue weighted by Crippen LogP contribution is -2.38. The molecule has 186 valence electrons. The molecule has 2 aliphatic heterocycles. The summed E-state index contributed by atoms with van der Waals surface area (Å²) < 4.78 is 13.9. The molecule has 1 aromatic carbocycles. The van der Waals surface area contributed by atoms with E-state index in [1.165, 1.54) is 25.3 Å². The van der Waals surface area contributed by atoms with Gasteiger partial charge in [-0.05, 0) is 61.6 Å². The van der Waals surface area contributed by atoms with Gasteiger partial charge in [-0.25, -0.2) is 4.39 Å². The van der Waals surface area contributed by atoms with E-state index in [0.717, 1.165) is 83.2 Å². The summed E-state index contributed by atoms with van der Waals surface area (Å²) in [6.07, 6.45) is 10.8. The van der Waals surface area contributed by atoms with Gasteiger partial charge in [-0.2, -0.15) is 0 Å². The summed E-state index contributed by atoms with van der Waals surface area (Å²) in [5.74, 6) is 1.77. The average molecular weight is 470 g/mol. The van der Waals surface area contributed by atoms with Gasteiger partial charge in [0.2, 0.25) is 11.8 Å². The van der Waals surface area contributed by atoms with Gasteiger partial charge < -0.3 is 15.1 Å². The fourth-order valence-corrected chi connectivity index (χ4v) is 6.90. The van der Waals surface area contributed by atoms with E-state index >= 15 is 0 Å². The van der Waals surface area contributed by atoms with Gasteiger partial charge in [0.15, 0.2) is 0 Å². The minimum absolute atomic E-state index is 0.106. The highest BCUT2D eigenvalue weighted by atomic mass is 19.1. The van der Waals surface area contributed by atoms with Crippen LogP contribution in [-0.4, -0.2) is 54.3 Å². The maximum absolute atomic E-state index is 13.9. The van der Waals surface area contributed by atoms with Crippen molar-refractivity contribution in [2.45, 2.75) is 70.3 Å². The molecule has 6 heteroatoms. The lowest BCUT2D eigenvalue weighted by atomic mass is 9.88. The Morgan fingerprint density at radius 2 is 1.56 bits per heavy atom. The molecule has 0 spiro atoms. The van der Waals surface area contributed by atoms with Gasteiger partial charge in [0.05, 0.1) is 6.04 Å². The van der Waals surface area contributed by atoms with Crippen molar-refractivity contribution in [3.05, 3.63) is 35.6 Å². The Morgan fingerprint density at radius 1 is 0.912 bits per heavy atom. The van der Waals surface area contributed by atoms with Crippen LogP contribution in [0.4, 0.5) is 4.39 Å². The fourth-order valence-electron chi connectivity index (χ4n) is 6.90. The predicted octanol–water partition coefficient (Wildman–Crippen LogP) is 4.53. The summed E-state index contributed by atoms with van der Waals surface area (Å²) in [7, 11) is 0. The van der Waals surface area contributed by atoms with Crippen LogP contribution in [0.5, 0.6) is 0 Å². The van der Waals surface area contributed by atoms with Crippen LogP contribution in [0.2, 0.25) is 0 Å². The van der Waals surface area contributed by atoms with E-state index in [-0.39, 0.29) is 29.6 Å². The van der Waals surface area contributed by atoms with Crippen molar-refractivity contribution in [3.63, 3.8) is 0 Å². The third kappa shape index (κ3) is 5.48. The molecule has 0 unspecified atom stereocenters. The van der Waals surface area contributed by atoms with Crippen molar-refractivity contribution in [2.24, 2.45) is 23.7 Å². The molecule has 2 saturated heterocycles. The topological polar surface area (TPSA) is 52.7 Å². The number of carbonyl (C=O) groups excluding carboxylic acids is 2. The van der Waals surface area contributed by atoms with Crippen LogP contribution in [-0.2, 0) is 9.59 Å². The maximum Gasteiger partial charge on any atom is 0.225 e. The first-order chi connectivity index (χ1) is 16.6. The van der Waals surface area contributed by atoms with E-state index in [1.54, 1.807) is 12.1 Å². The molecule has 34 heavy (non-hydrogen) atoms. The molecule has 2 amide bonds. The Balaban J connectivity index is 1.15. The van der Waals surface area contributed by atoms with Gasteiger partial charge >= 0.3 is 0 Å². The Morgan fingerprint density at radius 3 is 2.24 bits per heavy atom. The zero-order valence-corrected chi connectivity index (χ0v) is 20.4. The van der Waals surface area contributed by atoms with Crippen LogP contribution < -0.4 is 5.32 Å². The molecule has 1 N–H and O–H groups in total. The van der Waals surface area contributed by atoms with E-state index < -0.39 is 0 Å². The molecule has 2 heterocycles. The number of carbonyl (C=O) groups is 2. The number of fused-ring (bicyclic) bond motifs is 1. The number of nitrogens with zero attached hydrogens (tertiary/aromatic N) is 2. The Labute approximate surface area is 203 Å². The predicted molar refractivity (Wildman–Crippen MR) is 130 cm³/mol. The molecule has 0 radical (unpaired) electrons. The van der Waals surface area contributed by atoms with Crippen LogP contribution in [0.15, 0.2) is 24.3 Å². The first kappa shape index (κ1) is 23.8. The minimum atomic E-state index is -0.254. The molecule has 2 saturated carbocycles.